The van der Waals surface area contributed by atoms with Crippen LogP contribution in [0.3, 0.4) is 0 Å². The number of nitrogens with zero attached hydrogens (tertiary/aromatic N) is 3. The molecule has 1 aliphatic heterocycles. The number of anilines is 1. The molecule has 0 amide bonds. The van der Waals surface area contributed by atoms with Crippen molar-refractivity contribution >= 4 is 16.5 Å². The molecule has 0 radical (unpaired) electrons. The predicted octanol–water partition coefficient (Wildman–Crippen LogP) is 0.499. The maximum Gasteiger partial charge on any atom is 0.208 e. The van der Waals surface area contributed by atoms with Crippen molar-refractivity contribution in [1.29, 1.82) is 0 Å². The Hall–Kier alpha value is -0.680. The molecule has 0 unspecified atom stereocenters. The molecule has 1 fully saturated rings. The molecule has 0 atom stereocenters. The van der Waals surface area contributed by atoms with Crippen LogP contribution >= 0.6 is 11.3 Å². The molecule has 2 heterocycles. The van der Waals surface area contributed by atoms with E-state index in [9.17, 15) is 5.11 Å². The van der Waals surface area contributed by atoms with Crippen LogP contribution < -0.4 is 4.90 Å². The minimum Gasteiger partial charge on any atom is -0.393 e. The Morgan fingerprint density at radius 1 is 1.50 bits per heavy atom. The van der Waals surface area contributed by atoms with E-state index in [1.54, 1.807) is 16.8 Å². The second-order valence-electron chi connectivity index (χ2n) is 2.94. The maximum absolute atomic E-state index is 9.27. The number of rotatable bonds is 1. The lowest BCUT2D eigenvalue weighted by atomic mass is 10.1. The van der Waals surface area contributed by atoms with Crippen LogP contribution in [-0.2, 0) is 0 Å². The zero-order valence-electron chi connectivity index (χ0n) is 6.68. The Balaban J connectivity index is 1.99. The first kappa shape index (κ1) is 7.94. The van der Waals surface area contributed by atoms with E-state index in [-0.39, 0.29) is 6.10 Å². The summed E-state index contributed by atoms with van der Waals surface area (Å²) in [5.74, 6) is 0. The summed E-state index contributed by atoms with van der Waals surface area (Å²) in [7, 11) is 0. The molecular formula is C7H11N3OS. The first-order valence-corrected chi connectivity index (χ1v) is 4.93. The Labute approximate surface area is 74.9 Å². The summed E-state index contributed by atoms with van der Waals surface area (Å²) in [5, 5.41) is 18.0. The summed E-state index contributed by atoms with van der Waals surface area (Å²) in [6.07, 6.45) is 1.58. The number of hydrogen-bond donors (Lipinski definition) is 1. The average Bonchev–Trinajstić information content (AvgIpc) is 2.58. The third-order valence-electron chi connectivity index (χ3n) is 2.08. The molecular weight excluding hydrogens is 174 g/mol. The van der Waals surface area contributed by atoms with Gasteiger partial charge >= 0.3 is 0 Å². The van der Waals surface area contributed by atoms with Gasteiger partial charge in [-0.15, -0.1) is 10.2 Å². The van der Waals surface area contributed by atoms with E-state index in [1.165, 1.54) is 0 Å². The molecule has 0 spiro atoms. The van der Waals surface area contributed by atoms with Gasteiger partial charge in [0.25, 0.3) is 0 Å². The fourth-order valence-corrected chi connectivity index (χ4v) is 1.98. The molecule has 12 heavy (non-hydrogen) atoms. The topological polar surface area (TPSA) is 49.2 Å². The molecule has 4 nitrogen and oxygen atoms in total. The van der Waals surface area contributed by atoms with Gasteiger partial charge in [-0.05, 0) is 12.8 Å². The van der Waals surface area contributed by atoms with Gasteiger partial charge in [0, 0.05) is 13.1 Å². The molecule has 0 saturated carbocycles. The highest BCUT2D eigenvalue weighted by Crippen LogP contribution is 2.20. The molecule has 1 aliphatic rings. The molecule has 2 rings (SSSR count). The van der Waals surface area contributed by atoms with Crippen molar-refractivity contribution in [1.82, 2.24) is 10.2 Å². The molecule has 0 aliphatic carbocycles. The Bertz CT molecular complexity index is 231. The van der Waals surface area contributed by atoms with Crippen molar-refractivity contribution in [3.63, 3.8) is 0 Å². The van der Waals surface area contributed by atoms with E-state index in [1.807, 2.05) is 0 Å². The van der Waals surface area contributed by atoms with E-state index in [2.05, 4.69) is 15.1 Å². The summed E-state index contributed by atoms with van der Waals surface area (Å²) in [6, 6.07) is 0. The zero-order chi connectivity index (χ0) is 8.39. The predicted molar refractivity (Wildman–Crippen MR) is 47.4 cm³/mol. The van der Waals surface area contributed by atoms with E-state index < -0.39 is 0 Å². The molecule has 1 saturated heterocycles. The Morgan fingerprint density at radius 2 is 2.25 bits per heavy atom. The van der Waals surface area contributed by atoms with Crippen LogP contribution in [-0.4, -0.2) is 34.5 Å². The first-order chi connectivity index (χ1) is 5.86. The average molecular weight is 185 g/mol. The number of hydrogen-bond acceptors (Lipinski definition) is 5. The van der Waals surface area contributed by atoms with Gasteiger partial charge < -0.3 is 10.0 Å². The van der Waals surface area contributed by atoms with Gasteiger partial charge in [0.15, 0.2) is 0 Å². The van der Waals surface area contributed by atoms with E-state index >= 15 is 0 Å². The number of aliphatic hydroxyl groups is 1. The second kappa shape index (κ2) is 3.37. The van der Waals surface area contributed by atoms with Gasteiger partial charge in [0.2, 0.25) is 5.13 Å². The van der Waals surface area contributed by atoms with E-state index in [4.69, 9.17) is 0 Å². The molecule has 5 heteroatoms. The second-order valence-corrected chi connectivity index (χ2v) is 3.75. The van der Waals surface area contributed by atoms with Crippen molar-refractivity contribution in [2.24, 2.45) is 0 Å². The molecule has 0 bridgehead atoms. The standard InChI is InChI=1S/C7H11N3OS/c11-6-1-3-10(4-2-6)7-9-8-5-12-7/h5-6,11H,1-4H2. The minimum absolute atomic E-state index is 0.117. The monoisotopic (exact) mass is 185 g/mol. The highest BCUT2D eigenvalue weighted by Gasteiger charge is 2.18. The fourth-order valence-electron chi connectivity index (χ4n) is 1.36. The van der Waals surface area contributed by atoms with Crippen molar-refractivity contribution in [3.05, 3.63) is 5.51 Å². The third-order valence-corrected chi connectivity index (χ3v) is 2.83. The lowest BCUT2D eigenvalue weighted by Gasteiger charge is -2.28. The SMILES string of the molecule is OC1CCN(c2nncs2)CC1. The van der Waals surface area contributed by atoms with E-state index in [0.717, 1.165) is 31.1 Å². The molecule has 1 aromatic heterocycles. The normalized spacial score (nSPS) is 19.9. The molecule has 66 valence electrons. The summed E-state index contributed by atoms with van der Waals surface area (Å²) >= 11 is 1.55. The van der Waals surface area contributed by atoms with Gasteiger partial charge in [0.05, 0.1) is 6.10 Å². The quantitative estimate of drug-likeness (QED) is 0.692. The zero-order valence-corrected chi connectivity index (χ0v) is 7.50. The Morgan fingerprint density at radius 3 is 2.83 bits per heavy atom. The van der Waals surface area contributed by atoms with E-state index in [0.29, 0.717) is 0 Å². The lowest BCUT2D eigenvalue weighted by Crippen LogP contribution is -2.35. The molecule has 0 aromatic carbocycles. The molecule has 1 aromatic rings. The van der Waals surface area contributed by atoms with Crippen molar-refractivity contribution in [2.45, 2.75) is 18.9 Å². The van der Waals surface area contributed by atoms with Crippen LogP contribution in [0.15, 0.2) is 5.51 Å². The third kappa shape index (κ3) is 1.56. The number of piperidine rings is 1. The van der Waals surface area contributed by atoms with Crippen molar-refractivity contribution < 1.29 is 5.11 Å². The summed E-state index contributed by atoms with van der Waals surface area (Å²) in [6.45, 7) is 1.80. The highest BCUT2D eigenvalue weighted by atomic mass is 32.1. The maximum atomic E-state index is 9.27. The van der Waals surface area contributed by atoms with Crippen LogP contribution in [0.5, 0.6) is 0 Å². The smallest absolute Gasteiger partial charge is 0.208 e. The fraction of sp³-hybridized carbons (Fsp3) is 0.714. The summed E-state index contributed by atoms with van der Waals surface area (Å²) in [5.41, 5.74) is 1.74. The highest BCUT2D eigenvalue weighted by molar-refractivity contribution is 7.13. The summed E-state index contributed by atoms with van der Waals surface area (Å²) in [4.78, 5) is 2.17. The molecule has 1 N–H and O–H groups in total. The van der Waals surface area contributed by atoms with Gasteiger partial charge in [-0.1, -0.05) is 11.3 Å². The van der Waals surface area contributed by atoms with Gasteiger partial charge in [-0.2, -0.15) is 0 Å². The van der Waals surface area contributed by atoms with Crippen LogP contribution in [0.2, 0.25) is 0 Å². The van der Waals surface area contributed by atoms with Crippen LogP contribution in [0.1, 0.15) is 12.8 Å². The minimum atomic E-state index is -0.117. The Kier molecular flexibility index (Phi) is 2.23. The summed E-state index contributed by atoms with van der Waals surface area (Å²) < 4.78 is 0. The van der Waals surface area contributed by atoms with Crippen LogP contribution in [0, 0.1) is 0 Å². The largest absolute Gasteiger partial charge is 0.393 e. The van der Waals surface area contributed by atoms with Gasteiger partial charge in [-0.3, -0.25) is 0 Å². The van der Waals surface area contributed by atoms with Crippen molar-refractivity contribution in [3.8, 4) is 0 Å². The van der Waals surface area contributed by atoms with Crippen LogP contribution in [0.4, 0.5) is 5.13 Å². The first-order valence-electron chi connectivity index (χ1n) is 4.05. The number of aliphatic hydroxyl groups excluding tert-OH is 1. The number of aromatic nitrogens is 2. The van der Waals surface area contributed by atoms with Crippen molar-refractivity contribution in [2.75, 3.05) is 18.0 Å². The van der Waals surface area contributed by atoms with Gasteiger partial charge in [-0.25, -0.2) is 0 Å². The van der Waals surface area contributed by atoms with Gasteiger partial charge in [0.1, 0.15) is 5.51 Å². The van der Waals surface area contributed by atoms with Crippen LogP contribution in [0.25, 0.3) is 0 Å². The lowest BCUT2D eigenvalue weighted by molar-refractivity contribution is 0.145.